The third-order valence-corrected chi connectivity index (χ3v) is 4.04. The molecular weight excluding hydrogens is 308 g/mol. The highest BCUT2D eigenvalue weighted by Gasteiger charge is 2.23. The van der Waals surface area contributed by atoms with Crippen molar-refractivity contribution in [2.45, 2.75) is 20.3 Å². The van der Waals surface area contributed by atoms with Gasteiger partial charge in [-0.25, -0.2) is 9.78 Å². The first-order valence-corrected chi connectivity index (χ1v) is 8.06. The van der Waals surface area contributed by atoms with Gasteiger partial charge in [0.2, 0.25) is 0 Å². The Labute approximate surface area is 140 Å². The molecule has 0 unspecified atom stereocenters. The van der Waals surface area contributed by atoms with Crippen molar-refractivity contribution in [2.75, 3.05) is 37.6 Å². The second-order valence-electron chi connectivity index (χ2n) is 5.84. The Kier molecular flexibility index (Phi) is 4.88. The number of anilines is 1. The van der Waals surface area contributed by atoms with Gasteiger partial charge in [-0.1, -0.05) is 0 Å². The van der Waals surface area contributed by atoms with Gasteiger partial charge in [0.25, 0.3) is 0 Å². The molecule has 0 saturated carbocycles. The number of aryl methyl sites for hydroxylation is 2. The molecule has 0 radical (unpaired) electrons. The van der Waals surface area contributed by atoms with Crippen LogP contribution in [0.3, 0.4) is 0 Å². The molecule has 9 nitrogen and oxygen atoms in total. The topological polar surface area (TPSA) is 103 Å². The molecule has 9 heteroatoms. The molecule has 1 fully saturated rings. The highest BCUT2D eigenvalue weighted by Crippen LogP contribution is 2.17. The first kappa shape index (κ1) is 16.2. The molecule has 0 aromatic carbocycles. The summed E-state index contributed by atoms with van der Waals surface area (Å²) in [5.74, 6) is 0.918. The number of hydrogen-bond acceptors (Lipinski definition) is 6. The summed E-state index contributed by atoms with van der Waals surface area (Å²) < 4.78 is 0. The number of H-pyrrole nitrogens is 1. The molecule has 0 atom stereocenters. The summed E-state index contributed by atoms with van der Waals surface area (Å²) in [6.45, 7) is 7.31. The fourth-order valence-electron chi connectivity index (χ4n) is 2.70. The molecular formula is C15H22N8O. The predicted molar refractivity (Wildman–Crippen MR) is 88.8 cm³/mol. The maximum absolute atomic E-state index is 12.2. The Hall–Kier alpha value is -2.71. The minimum atomic E-state index is -0.0369. The van der Waals surface area contributed by atoms with E-state index < -0.39 is 0 Å². The van der Waals surface area contributed by atoms with Crippen molar-refractivity contribution in [2.24, 2.45) is 0 Å². The molecule has 0 bridgehead atoms. The lowest BCUT2D eigenvalue weighted by Gasteiger charge is -2.35. The maximum atomic E-state index is 12.2. The van der Waals surface area contributed by atoms with E-state index in [9.17, 15) is 4.79 Å². The van der Waals surface area contributed by atoms with Gasteiger partial charge in [-0.05, 0) is 13.8 Å². The number of carbonyl (C=O) groups excluding carboxylic acids is 1. The van der Waals surface area contributed by atoms with E-state index >= 15 is 0 Å². The number of hydrogen-bond donors (Lipinski definition) is 2. The first-order chi connectivity index (χ1) is 11.6. The molecule has 2 aromatic heterocycles. The molecule has 128 valence electrons. The second kappa shape index (κ2) is 7.24. The number of nitrogens with one attached hydrogen (secondary N) is 2. The summed E-state index contributed by atoms with van der Waals surface area (Å²) in [4.78, 5) is 25.2. The lowest BCUT2D eigenvalue weighted by Crippen LogP contribution is -2.52. The zero-order chi connectivity index (χ0) is 16.9. The molecule has 24 heavy (non-hydrogen) atoms. The minimum absolute atomic E-state index is 0.0369. The normalized spacial score (nSPS) is 14.8. The van der Waals surface area contributed by atoms with Gasteiger partial charge in [-0.3, -0.25) is 4.98 Å². The van der Waals surface area contributed by atoms with Crippen molar-refractivity contribution < 1.29 is 4.79 Å². The molecule has 1 aliphatic heterocycles. The highest BCUT2D eigenvalue weighted by molar-refractivity contribution is 5.74. The zero-order valence-electron chi connectivity index (χ0n) is 14.0. The van der Waals surface area contributed by atoms with Crippen LogP contribution in [-0.2, 0) is 6.42 Å². The van der Waals surface area contributed by atoms with Crippen LogP contribution < -0.4 is 10.2 Å². The van der Waals surface area contributed by atoms with Crippen molar-refractivity contribution in [3.63, 3.8) is 0 Å². The zero-order valence-corrected chi connectivity index (χ0v) is 14.0. The van der Waals surface area contributed by atoms with E-state index in [0.29, 0.717) is 26.1 Å². The monoisotopic (exact) mass is 330 g/mol. The van der Waals surface area contributed by atoms with E-state index in [2.05, 4.69) is 35.6 Å². The van der Waals surface area contributed by atoms with Crippen LogP contribution in [0.5, 0.6) is 0 Å². The molecule has 2 N–H and O–H groups in total. The summed E-state index contributed by atoms with van der Waals surface area (Å²) in [6, 6.07) is -0.0369. The van der Waals surface area contributed by atoms with Gasteiger partial charge in [0.1, 0.15) is 5.82 Å². The number of nitrogens with zero attached hydrogens (tertiary/aromatic N) is 6. The Morgan fingerprint density at radius 2 is 2.04 bits per heavy atom. The van der Waals surface area contributed by atoms with Crippen molar-refractivity contribution >= 4 is 11.8 Å². The Balaban J connectivity index is 1.47. The number of urea groups is 1. The number of aromatic amines is 1. The number of amides is 2. The molecule has 1 aliphatic rings. The van der Waals surface area contributed by atoms with Gasteiger partial charge < -0.3 is 15.1 Å². The third kappa shape index (κ3) is 3.79. The van der Waals surface area contributed by atoms with E-state index in [1.807, 2.05) is 18.7 Å². The predicted octanol–water partition coefficient (Wildman–Crippen LogP) is 0.286. The average molecular weight is 330 g/mol. The van der Waals surface area contributed by atoms with E-state index in [0.717, 1.165) is 36.0 Å². The number of rotatable bonds is 4. The van der Waals surface area contributed by atoms with Crippen LogP contribution in [0.15, 0.2) is 12.4 Å². The summed E-state index contributed by atoms with van der Waals surface area (Å²) in [5.41, 5.74) is 2.67. The number of carbonyl (C=O) groups is 1. The molecule has 3 rings (SSSR count). The van der Waals surface area contributed by atoms with Crippen LogP contribution in [0.1, 0.15) is 17.1 Å². The maximum Gasteiger partial charge on any atom is 0.317 e. The summed E-state index contributed by atoms with van der Waals surface area (Å²) >= 11 is 0. The van der Waals surface area contributed by atoms with Crippen molar-refractivity contribution in [3.8, 4) is 0 Å². The average Bonchev–Trinajstić information content (AvgIpc) is 3.10. The Morgan fingerprint density at radius 3 is 2.75 bits per heavy atom. The first-order valence-electron chi connectivity index (χ1n) is 8.06. The fraction of sp³-hybridized carbons (Fsp3) is 0.533. The van der Waals surface area contributed by atoms with E-state index in [1.165, 1.54) is 0 Å². The second-order valence-corrected chi connectivity index (χ2v) is 5.84. The minimum Gasteiger partial charge on any atom is -0.352 e. The van der Waals surface area contributed by atoms with Crippen LogP contribution in [-0.4, -0.2) is 69.0 Å². The Bertz CT molecular complexity index is 679. The van der Waals surface area contributed by atoms with E-state index in [4.69, 9.17) is 0 Å². The lowest BCUT2D eigenvalue weighted by atomic mass is 10.3. The van der Waals surface area contributed by atoms with Crippen LogP contribution >= 0.6 is 0 Å². The van der Waals surface area contributed by atoms with Gasteiger partial charge in [0.15, 0.2) is 0 Å². The van der Waals surface area contributed by atoms with Crippen LogP contribution in [0.25, 0.3) is 0 Å². The summed E-state index contributed by atoms with van der Waals surface area (Å²) in [5, 5.41) is 13.2. The SMILES string of the molecule is Cc1cnc(C)c(N2CCN(C(=O)NCCc3cn[nH]n3)CC2)n1. The van der Waals surface area contributed by atoms with Gasteiger partial charge in [-0.15, -0.1) is 0 Å². The van der Waals surface area contributed by atoms with Crippen molar-refractivity contribution in [3.05, 3.63) is 29.5 Å². The standard InChI is InChI=1S/C15H22N8O/c1-11-9-17-12(2)14(19-11)22-5-7-23(8-6-22)15(24)16-4-3-13-10-18-21-20-13/h9-10H,3-8H2,1-2H3,(H,16,24)(H,18,20,21). The van der Waals surface area contributed by atoms with Crippen LogP contribution in [0.2, 0.25) is 0 Å². The van der Waals surface area contributed by atoms with Crippen LogP contribution in [0.4, 0.5) is 10.6 Å². The summed E-state index contributed by atoms with van der Waals surface area (Å²) in [6.07, 6.45) is 4.10. The van der Waals surface area contributed by atoms with E-state index in [-0.39, 0.29) is 6.03 Å². The molecule has 1 saturated heterocycles. The van der Waals surface area contributed by atoms with Crippen LogP contribution in [0, 0.1) is 13.8 Å². The lowest BCUT2D eigenvalue weighted by molar-refractivity contribution is 0.194. The molecule has 0 spiro atoms. The van der Waals surface area contributed by atoms with E-state index in [1.54, 1.807) is 12.4 Å². The summed E-state index contributed by atoms with van der Waals surface area (Å²) in [7, 11) is 0. The highest BCUT2D eigenvalue weighted by atomic mass is 16.2. The Morgan fingerprint density at radius 1 is 1.25 bits per heavy atom. The van der Waals surface area contributed by atoms with Gasteiger partial charge in [0, 0.05) is 45.3 Å². The smallest absolute Gasteiger partial charge is 0.317 e. The molecule has 3 heterocycles. The molecule has 2 amide bonds. The molecule has 0 aliphatic carbocycles. The van der Waals surface area contributed by atoms with Gasteiger partial charge in [-0.2, -0.15) is 15.4 Å². The van der Waals surface area contributed by atoms with Crippen molar-refractivity contribution in [1.82, 2.24) is 35.6 Å². The number of aromatic nitrogens is 5. The third-order valence-electron chi connectivity index (χ3n) is 4.04. The molecule has 2 aromatic rings. The fourth-order valence-corrected chi connectivity index (χ4v) is 2.70. The number of piperazine rings is 1. The van der Waals surface area contributed by atoms with Gasteiger partial charge in [0.05, 0.1) is 23.3 Å². The van der Waals surface area contributed by atoms with Gasteiger partial charge >= 0.3 is 6.03 Å². The quantitative estimate of drug-likeness (QED) is 0.835. The van der Waals surface area contributed by atoms with Crippen molar-refractivity contribution in [1.29, 1.82) is 0 Å². The largest absolute Gasteiger partial charge is 0.352 e.